The van der Waals surface area contributed by atoms with Gasteiger partial charge in [-0.1, -0.05) is 24.3 Å². The van der Waals surface area contributed by atoms with E-state index in [1.165, 1.54) is 19.3 Å². The van der Waals surface area contributed by atoms with Crippen LogP contribution in [-0.2, 0) is 18.9 Å². The Hall–Kier alpha value is -4.34. The number of phenols is 1. The molecule has 0 bridgehead atoms. The number of nitrogens with zero attached hydrogens (tertiary/aromatic N) is 2. The number of rotatable bonds is 5. The predicted octanol–water partition coefficient (Wildman–Crippen LogP) is 8.05. The Kier molecular flexibility index (Phi) is 7.65. The van der Waals surface area contributed by atoms with Gasteiger partial charge in [-0.3, -0.25) is 9.78 Å². The summed E-state index contributed by atoms with van der Waals surface area (Å²) in [5, 5.41) is 9.78. The average molecular weight is 559 g/mol. The second-order valence-electron chi connectivity index (χ2n) is 9.50. The Balaban J connectivity index is 1.77. The summed E-state index contributed by atoms with van der Waals surface area (Å²) >= 11 is 0. The molecule has 4 rings (SSSR count). The molecule has 1 N–H and O–H groups in total. The van der Waals surface area contributed by atoms with Crippen LogP contribution in [0.3, 0.4) is 0 Å². The molecule has 1 heterocycles. The SMILES string of the molecule is Cc1cc(O)ccc1-c1cc(-c2ccccc2C)c(C(=O)N(C)Cc2cc(C(F)(F)F)cc(C(F)(F)F)c2)cn1. The van der Waals surface area contributed by atoms with Crippen molar-refractivity contribution in [3.63, 3.8) is 0 Å². The third kappa shape index (κ3) is 6.11. The van der Waals surface area contributed by atoms with Gasteiger partial charge in [-0.2, -0.15) is 26.3 Å². The van der Waals surface area contributed by atoms with Gasteiger partial charge in [-0.05, 0) is 84.1 Å². The minimum Gasteiger partial charge on any atom is -0.508 e. The van der Waals surface area contributed by atoms with Crippen molar-refractivity contribution in [1.29, 1.82) is 0 Å². The maximum Gasteiger partial charge on any atom is 0.416 e. The molecule has 0 saturated heterocycles. The first-order chi connectivity index (χ1) is 18.6. The van der Waals surface area contributed by atoms with E-state index in [4.69, 9.17) is 0 Å². The fraction of sp³-hybridized carbons (Fsp3) is 0.200. The molecule has 0 atom stereocenters. The van der Waals surface area contributed by atoms with Crippen molar-refractivity contribution in [1.82, 2.24) is 9.88 Å². The normalized spacial score (nSPS) is 11.9. The maximum atomic E-state index is 13.6. The van der Waals surface area contributed by atoms with Crippen molar-refractivity contribution in [2.75, 3.05) is 7.05 Å². The quantitative estimate of drug-likeness (QED) is 0.252. The van der Waals surface area contributed by atoms with E-state index in [2.05, 4.69) is 4.98 Å². The van der Waals surface area contributed by atoms with Crippen LogP contribution in [0.5, 0.6) is 5.75 Å². The van der Waals surface area contributed by atoms with Crippen molar-refractivity contribution in [2.45, 2.75) is 32.7 Å². The molecule has 0 spiro atoms. The van der Waals surface area contributed by atoms with Crippen LogP contribution in [0.2, 0.25) is 0 Å². The van der Waals surface area contributed by atoms with Crippen LogP contribution >= 0.6 is 0 Å². The summed E-state index contributed by atoms with van der Waals surface area (Å²) in [6.07, 6.45) is -8.65. The Morgan fingerprint density at radius 2 is 1.43 bits per heavy atom. The Morgan fingerprint density at radius 3 is 2.00 bits per heavy atom. The molecule has 1 amide bonds. The summed E-state index contributed by atoms with van der Waals surface area (Å²) in [6.45, 7) is 3.14. The molecule has 0 radical (unpaired) electrons. The summed E-state index contributed by atoms with van der Waals surface area (Å²) in [5.74, 6) is -0.553. The van der Waals surface area contributed by atoms with Crippen LogP contribution in [0.4, 0.5) is 26.3 Å². The molecule has 0 aliphatic rings. The summed E-state index contributed by atoms with van der Waals surface area (Å²) < 4.78 is 80.0. The molecular weight excluding hydrogens is 534 g/mol. The smallest absolute Gasteiger partial charge is 0.416 e. The number of aryl methyl sites for hydroxylation is 2. The van der Waals surface area contributed by atoms with Crippen molar-refractivity contribution in [3.05, 3.63) is 106 Å². The lowest BCUT2D eigenvalue weighted by Crippen LogP contribution is -2.27. The number of amides is 1. The largest absolute Gasteiger partial charge is 0.508 e. The van der Waals surface area contributed by atoms with Gasteiger partial charge in [0.2, 0.25) is 0 Å². The summed E-state index contributed by atoms with van der Waals surface area (Å²) in [4.78, 5) is 19.1. The maximum absolute atomic E-state index is 13.6. The van der Waals surface area contributed by atoms with Crippen molar-refractivity contribution >= 4 is 5.91 Å². The summed E-state index contributed by atoms with van der Waals surface area (Å²) in [5.41, 5.74) is 0.912. The lowest BCUT2D eigenvalue weighted by molar-refractivity contribution is -0.143. The Labute approximate surface area is 226 Å². The van der Waals surface area contributed by atoms with E-state index in [9.17, 15) is 36.2 Å². The molecule has 40 heavy (non-hydrogen) atoms. The van der Waals surface area contributed by atoms with E-state index in [1.807, 2.05) is 19.1 Å². The van der Waals surface area contributed by atoms with Gasteiger partial charge >= 0.3 is 12.4 Å². The standard InChI is InChI=1S/C30H24F6N2O2/c1-17-6-4-5-7-23(17)25-14-27(24-9-8-22(39)10-18(24)2)37-15-26(25)28(40)38(3)16-19-11-20(29(31,32)33)13-21(12-19)30(34,35)36/h4-15,39H,16H2,1-3H3. The zero-order valence-corrected chi connectivity index (χ0v) is 21.7. The van der Waals surface area contributed by atoms with Gasteiger partial charge in [0, 0.05) is 25.4 Å². The fourth-order valence-electron chi connectivity index (χ4n) is 4.47. The first kappa shape index (κ1) is 28.7. The molecule has 0 fully saturated rings. The van der Waals surface area contributed by atoms with E-state index in [1.54, 1.807) is 37.3 Å². The molecule has 10 heteroatoms. The van der Waals surface area contributed by atoms with Gasteiger partial charge in [0.05, 0.1) is 22.4 Å². The number of benzene rings is 3. The molecule has 0 aliphatic carbocycles. The molecule has 4 aromatic rings. The molecular formula is C30H24F6N2O2. The van der Waals surface area contributed by atoms with Gasteiger partial charge in [0.1, 0.15) is 5.75 Å². The number of halogens is 6. The zero-order chi connectivity index (χ0) is 29.4. The molecule has 208 valence electrons. The van der Waals surface area contributed by atoms with Crippen LogP contribution in [0.25, 0.3) is 22.4 Å². The number of pyridine rings is 1. The topological polar surface area (TPSA) is 53.4 Å². The average Bonchev–Trinajstić information content (AvgIpc) is 2.87. The number of aromatic nitrogens is 1. The number of phenolic OH excluding ortho intramolecular Hbond substituents is 1. The lowest BCUT2D eigenvalue weighted by Gasteiger charge is -2.22. The molecule has 4 nitrogen and oxygen atoms in total. The van der Waals surface area contributed by atoms with E-state index >= 15 is 0 Å². The monoisotopic (exact) mass is 558 g/mol. The van der Waals surface area contributed by atoms with Gasteiger partial charge in [0.15, 0.2) is 0 Å². The van der Waals surface area contributed by atoms with E-state index in [-0.39, 0.29) is 22.9 Å². The number of carbonyl (C=O) groups excluding carboxylic acids is 1. The van der Waals surface area contributed by atoms with Gasteiger partial charge in [-0.15, -0.1) is 0 Å². The molecule has 0 aliphatic heterocycles. The number of aromatic hydroxyl groups is 1. The molecule has 1 aromatic heterocycles. The Bertz CT molecular complexity index is 1550. The number of carbonyl (C=O) groups is 1. The second-order valence-corrected chi connectivity index (χ2v) is 9.50. The predicted molar refractivity (Wildman–Crippen MR) is 138 cm³/mol. The first-order valence-corrected chi connectivity index (χ1v) is 12.0. The van der Waals surface area contributed by atoms with Crippen LogP contribution in [0, 0.1) is 13.8 Å². The van der Waals surface area contributed by atoms with Crippen molar-refractivity contribution in [3.8, 4) is 28.1 Å². The summed E-state index contributed by atoms with van der Waals surface area (Å²) in [7, 11) is 1.30. The fourth-order valence-corrected chi connectivity index (χ4v) is 4.47. The number of hydrogen-bond donors (Lipinski definition) is 1. The van der Waals surface area contributed by atoms with Crippen LogP contribution in [0.15, 0.2) is 72.9 Å². The third-order valence-corrected chi connectivity index (χ3v) is 6.47. The van der Waals surface area contributed by atoms with Gasteiger partial charge in [0.25, 0.3) is 5.91 Å². The highest BCUT2D eigenvalue weighted by Gasteiger charge is 2.37. The minimum atomic E-state index is -5.00. The van der Waals surface area contributed by atoms with Crippen LogP contribution in [-0.4, -0.2) is 27.9 Å². The molecule has 0 saturated carbocycles. The molecule has 0 unspecified atom stereocenters. The highest BCUT2D eigenvalue weighted by molar-refractivity contribution is 6.01. The number of hydrogen-bond acceptors (Lipinski definition) is 3. The highest BCUT2D eigenvalue weighted by Crippen LogP contribution is 2.37. The van der Waals surface area contributed by atoms with Gasteiger partial charge in [-0.25, -0.2) is 0 Å². The van der Waals surface area contributed by atoms with E-state index < -0.39 is 35.9 Å². The van der Waals surface area contributed by atoms with Gasteiger partial charge < -0.3 is 10.0 Å². The number of alkyl halides is 6. The highest BCUT2D eigenvalue weighted by atomic mass is 19.4. The molecule has 3 aromatic carbocycles. The minimum absolute atomic E-state index is 0.0512. The van der Waals surface area contributed by atoms with E-state index in [0.717, 1.165) is 16.0 Å². The lowest BCUT2D eigenvalue weighted by atomic mass is 9.94. The van der Waals surface area contributed by atoms with Crippen LogP contribution < -0.4 is 0 Å². The van der Waals surface area contributed by atoms with E-state index in [0.29, 0.717) is 34.5 Å². The van der Waals surface area contributed by atoms with Crippen molar-refractivity contribution < 1.29 is 36.2 Å². The zero-order valence-electron chi connectivity index (χ0n) is 21.7. The first-order valence-electron chi connectivity index (χ1n) is 12.0. The third-order valence-electron chi connectivity index (χ3n) is 6.47. The second kappa shape index (κ2) is 10.7. The Morgan fingerprint density at radius 1 is 0.800 bits per heavy atom. The van der Waals surface area contributed by atoms with Crippen molar-refractivity contribution in [2.24, 2.45) is 0 Å². The van der Waals surface area contributed by atoms with Crippen LogP contribution in [0.1, 0.15) is 38.2 Å². The summed E-state index contributed by atoms with van der Waals surface area (Å²) in [6, 6.07) is 15.0.